The minimum atomic E-state index is 0.216. The molecular weight excluding hydrogens is 172 g/mol. The Morgan fingerprint density at radius 2 is 2.08 bits per heavy atom. The third-order valence-corrected chi connectivity index (χ3v) is 2.53. The minimum absolute atomic E-state index is 0.216. The predicted molar refractivity (Wildman–Crippen MR) is 53.6 cm³/mol. The fourth-order valence-electron chi connectivity index (χ4n) is 0.852. The van der Waals surface area contributed by atoms with Crippen molar-refractivity contribution < 1.29 is 9.90 Å². The standard InChI is InChI=1S/C9H18O2S/c1-2-3-4-9(11)5-7-12-8-6-10/h10H,2-8H2,1H3. The van der Waals surface area contributed by atoms with Crippen LogP contribution in [0.25, 0.3) is 0 Å². The van der Waals surface area contributed by atoms with Crippen LogP contribution in [0.15, 0.2) is 0 Å². The average Bonchev–Trinajstić information content (AvgIpc) is 2.09. The second-order valence-electron chi connectivity index (χ2n) is 2.73. The van der Waals surface area contributed by atoms with Crippen LogP contribution < -0.4 is 0 Å². The van der Waals surface area contributed by atoms with Crippen LogP contribution in [0.4, 0.5) is 0 Å². The van der Waals surface area contributed by atoms with Crippen LogP contribution in [0.2, 0.25) is 0 Å². The largest absolute Gasteiger partial charge is 0.396 e. The van der Waals surface area contributed by atoms with Crippen molar-refractivity contribution in [2.45, 2.75) is 32.6 Å². The van der Waals surface area contributed by atoms with Gasteiger partial charge in [-0.2, -0.15) is 11.8 Å². The molecule has 0 amide bonds. The van der Waals surface area contributed by atoms with Gasteiger partial charge in [-0.25, -0.2) is 0 Å². The van der Waals surface area contributed by atoms with Crippen molar-refractivity contribution in [3.63, 3.8) is 0 Å². The van der Waals surface area contributed by atoms with Gasteiger partial charge in [-0.1, -0.05) is 13.3 Å². The highest BCUT2D eigenvalue weighted by molar-refractivity contribution is 7.99. The first kappa shape index (κ1) is 12.0. The normalized spacial score (nSPS) is 10.2. The number of rotatable bonds is 8. The summed E-state index contributed by atoms with van der Waals surface area (Å²) in [6, 6.07) is 0. The number of unbranched alkanes of at least 4 members (excludes halogenated alkanes) is 1. The minimum Gasteiger partial charge on any atom is -0.396 e. The molecule has 0 fully saturated rings. The maximum Gasteiger partial charge on any atom is 0.133 e. The Morgan fingerprint density at radius 3 is 2.67 bits per heavy atom. The second kappa shape index (κ2) is 9.07. The molecule has 0 saturated carbocycles. The van der Waals surface area contributed by atoms with Crippen molar-refractivity contribution in [3.05, 3.63) is 0 Å². The fourth-order valence-corrected chi connectivity index (χ4v) is 1.56. The van der Waals surface area contributed by atoms with Gasteiger partial charge in [-0.05, 0) is 6.42 Å². The Bertz CT molecular complexity index is 115. The van der Waals surface area contributed by atoms with E-state index < -0.39 is 0 Å². The second-order valence-corrected chi connectivity index (χ2v) is 3.95. The predicted octanol–water partition coefficient (Wildman–Crippen LogP) is 1.86. The number of aliphatic hydroxyl groups is 1. The molecule has 0 bridgehead atoms. The van der Waals surface area contributed by atoms with Gasteiger partial charge >= 0.3 is 0 Å². The van der Waals surface area contributed by atoms with E-state index in [1.165, 1.54) is 0 Å². The van der Waals surface area contributed by atoms with Crippen molar-refractivity contribution in [3.8, 4) is 0 Å². The number of carbonyl (C=O) groups excluding carboxylic acids is 1. The molecule has 2 nitrogen and oxygen atoms in total. The van der Waals surface area contributed by atoms with E-state index in [1.807, 2.05) is 0 Å². The van der Waals surface area contributed by atoms with Crippen molar-refractivity contribution in [1.82, 2.24) is 0 Å². The number of hydrogen-bond acceptors (Lipinski definition) is 3. The molecule has 0 aliphatic carbocycles. The van der Waals surface area contributed by atoms with Crippen molar-refractivity contribution in [2.75, 3.05) is 18.1 Å². The summed E-state index contributed by atoms with van der Waals surface area (Å²) in [4.78, 5) is 11.1. The van der Waals surface area contributed by atoms with Gasteiger partial charge in [-0.15, -0.1) is 0 Å². The summed E-state index contributed by atoms with van der Waals surface area (Å²) < 4.78 is 0. The van der Waals surface area contributed by atoms with Gasteiger partial charge in [0, 0.05) is 24.3 Å². The third-order valence-electron chi connectivity index (χ3n) is 1.57. The summed E-state index contributed by atoms with van der Waals surface area (Å²) in [7, 11) is 0. The number of aliphatic hydroxyl groups excluding tert-OH is 1. The first-order chi connectivity index (χ1) is 5.81. The molecule has 0 radical (unpaired) electrons. The number of Topliss-reactive ketones (excluding diaryl/α,β-unsaturated/α-hetero) is 1. The molecule has 72 valence electrons. The summed E-state index contributed by atoms with van der Waals surface area (Å²) >= 11 is 1.64. The first-order valence-corrected chi connectivity index (χ1v) is 5.67. The molecule has 0 unspecified atom stereocenters. The molecule has 0 aromatic carbocycles. The Morgan fingerprint density at radius 1 is 1.33 bits per heavy atom. The van der Waals surface area contributed by atoms with E-state index in [-0.39, 0.29) is 6.61 Å². The highest BCUT2D eigenvalue weighted by atomic mass is 32.2. The molecule has 0 aliphatic heterocycles. The molecule has 0 spiro atoms. The van der Waals surface area contributed by atoms with Gasteiger partial charge in [0.2, 0.25) is 0 Å². The lowest BCUT2D eigenvalue weighted by Gasteiger charge is -1.98. The summed E-state index contributed by atoms with van der Waals surface area (Å²) in [5.74, 6) is 1.98. The third kappa shape index (κ3) is 8.08. The molecule has 0 saturated heterocycles. The molecule has 3 heteroatoms. The fraction of sp³-hybridized carbons (Fsp3) is 0.889. The number of thioether (sulfide) groups is 1. The summed E-state index contributed by atoms with van der Waals surface area (Å²) in [5.41, 5.74) is 0. The van der Waals surface area contributed by atoms with Gasteiger partial charge in [-0.3, -0.25) is 4.79 Å². The van der Waals surface area contributed by atoms with Crippen molar-refractivity contribution in [2.24, 2.45) is 0 Å². The van der Waals surface area contributed by atoms with Gasteiger partial charge in [0.1, 0.15) is 5.78 Å². The maximum absolute atomic E-state index is 11.1. The Balaban J connectivity index is 3.08. The van der Waals surface area contributed by atoms with E-state index in [2.05, 4.69) is 6.92 Å². The van der Waals surface area contributed by atoms with Crippen LogP contribution in [0.1, 0.15) is 32.6 Å². The van der Waals surface area contributed by atoms with E-state index >= 15 is 0 Å². The zero-order valence-corrected chi connectivity index (χ0v) is 8.53. The van der Waals surface area contributed by atoms with Crippen molar-refractivity contribution in [1.29, 1.82) is 0 Å². The summed E-state index contributed by atoms with van der Waals surface area (Å²) in [5, 5.41) is 8.47. The van der Waals surface area contributed by atoms with Crippen LogP contribution in [-0.2, 0) is 4.79 Å². The molecule has 12 heavy (non-hydrogen) atoms. The molecule has 1 N–H and O–H groups in total. The van der Waals surface area contributed by atoms with E-state index in [4.69, 9.17) is 5.11 Å². The van der Waals surface area contributed by atoms with E-state index in [0.29, 0.717) is 12.2 Å². The Hall–Kier alpha value is -0.0200. The molecule has 0 aliphatic rings. The lowest BCUT2D eigenvalue weighted by Crippen LogP contribution is -2.00. The van der Waals surface area contributed by atoms with Crippen molar-refractivity contribution >= 4 is 17.5 Å². The SMILES string of the molecule is CCCCC(=O)CCSCCO. The van der Waals surface area contributed by atoms with E-state index in [9.17, 15) is 4.79 Å². The van der Waals surface area contributed by atoms with Gasteiger partial charge in [0.25, 0.3) is 0 Å². The van der Waals surface area contributed by atoms with Crippen LogP contribution >= 0.6 is 11.8 Å². The Kier molecular flexibility index (Phi) is 9.06. The molecule has 0 heterocycles. The number of carbonyl (C=O) groups is 1. The first-order valence-electron chi connectivity index (χ1n) is 4.51. The van der Waals surface area contributed by atoms with Crippen LogP contribution in [0.5, 0.6) is 0 Å². The number of ketones is 1. The lowest BCUT2D eigenvalue weighted by atomic mass is 10.1. The molecular formula is C9H18O2S. The van der Waals surface area contributed by atoms with Gasteiger partial charge in [0.05, 0.1) is 6.61 Å². The smallest absolute Gasteiger partial charge is 0.133 e. The monoisotopic (exact) mass is 190 g/mol. The van der Waals surface area contributed by atoms with Crippen LogP contribution in [0, 0.1) is 0 Å². The van der Waals surface area contributed by atoms with Gasteiger partial charge < -0.3 is 5.11 Å². The zero-order chi connectivity index (χ0) is 9.23. The lowest BCUT2D eigenvalue weighted by molar-refractivity contribution is -0.118. The molecule has 0 aromatic rings. The maximum atomic E-state index is 11.1. The molecule has 0 atom stereocenters. The van der Waals surface area contributed by atoms with E-state index in [1.54, 1.807) is 11.8 Å². The quantitative estimate of drug-likeness (QED) is 0.594. The highest BCUT2D eigenvalue weighted by Gasteiger charge is 1.99. The van der Waals surface area contributed by atoms with Gasteiger partial charge in [0.15, 0.2) is 0 Å². The van der Waals surface area contributed by atoms with Crippen LogP contribution in [-0.4, -0.2) is 29.0 Å². The summed E-state index contributed by atoms with van der Waals surface area (Å²) in [6.45, 7) is 2.31. The van der Waals surface area contributed by atoms with E-state index in [0.717, 1.165) is 30.8 Å². The topological polar surface area (TPSA) is 37.3 Å². The van der Waals surface area contributed by atoms with Crippen LogP contribution in [0.3, 0.4) is 0 Å². The highest BCUT2D eigenvalue weighted by Crippen LogP contribution is 2.05. The Labute approximate surface area is 78.7 Å². The summed E-state index contributed by atoms with van der Waals surface area (Å²) in [6.07, 6.45) is 3.51. The zero-order valence-electron chi connectivity index (χ0n) is 7.71. The number of hydrogen-bond donors (Lipinski definition) is 1. The molecule has 0 aromatic heterocycles. The average molecular weight is 190 g/mol. The molecule has 0 rings (SSSR count).